The van der Waals surface area contributed by atoms with Crippen LogP contribution in [-0.2, 0) is 10.2 Å². The smallest absolute Gasteiger partial charge is 0.240 e. The molecule has 1 amide bonds. The van der Waals surface area contributed by atoms with Crippen molar-refractivity contribution in [1.82, 2.24) is 10.1 Å². The van der Waals surface area contributed by atoms with Crippen LogP contribution in [0.25, 0.3) is 11.0 Å². The molecule has 0 radical (unpaired) electrons. The Kier molecular flexibility index (Phi) is 4.87. The van der Waals surface area contributed by atoms with E-state index in [-0.39, 0.29) is 23.9 Å². The molecule has 3 aromatic rings. The van der Waals surface area contributed by atoms with Crippen molar-refractivity contribution >= 4 is 22.8 Å². The van der Waals surface area contributed by atoms with Crippen molar-refractivity contribution in [3.63, 3.8) is 0 Å². The molecule has 2 aromatic heterocycles. The Morgan fingerprint density at radius 3 is 2.65 bits per heavy atom. The molecule has 0 aliphatic carbocycles. The predicted molar refractivity (Wildman–Crippen MR) is 101 cm³/mol. The number of aromatic nitrogens is 1. The number of hydrogen-bond donors (Lipinski definition) is 1. The molecule has 0 saturated carbocycles. The molecule has 2 heterocycles. The third kappa shape index (κ3) is 3.96. The minimum absolute atomic E-state index is 0.0342. The van der Waals surface area contributed by atoms with E-state index in [0.717, 1.165) is 22.4 Å². The number of nitrogens with one attached hydrogen (secondary N) is 1. The van der Waals surface area contributed by atoms with E-state index in [1.165, 1.54) is 0 Å². The number of likely N-dealkylation sites (N-methyl/N-ethyl adjacent to an activating group) is 1. The van der Waals surface area contributed by atoms with Gasteiger partial charge in [0.2, 0.25) is 11.8 Å². The number of amides is 1. The van der Waals surface area contributed by atoms with Gasteiger partial charge in [-0.25, -0.2) is 0 Å². The van der Waals surface area contributed by atoms with E-state index < -0.39 is 0 Å². The van der Waals surface area contributed by atoms with Crippen LogP contribution in [-0.4, -0.2) is 29.6 Å². The molecule has 0 aliphatic rings. The van der Waals surface area contributed by atoms with Gasteiger partial charge < -0.3 is 8.94 Å². The molecule has 1 aromatic carbocycles. The number of fused-ring (bicyclic) bond motifs is 1. The monoisotopic (exact) mass is 355 g/mol. The van der Waals surface area contributed by atoms with Crippen molar-refractivity contribution in [2.75, 3.05) is 18.9 Å². The van der Waals surface area contributed by atoms with E-state index in [1.54, 1.807) is 6.07 Å². The Balaban J connectivity index is 1.62. The van der Waals surface area contributed by atoms with E-state index in [2.05, 4.69) is 10.5 Å². The van der Waals surface area contributed by atoms with Gasteiger partial charge in [-0.05, 0) is 26.1 Å². The number of rotatable bonds is 5. The molecule has 0 saturated heterocycles. The molecule has 6 nitrogen and oxygen atoms in total. The largest absolute Gasteiger partial charge is 0.459 e. The summed E-state index contributed by atoms with van der Waals surface area (Å²) in [7, 11) is 1.89. The van der Waals surface area contributed by atoms with Crippen molar-refractivity contribution in [3.8, 4) is 0 Å². The van der Waals surface area contributed by atoms with Gasteiger partial charge in [0.15, 0.2) is 0 Å². The molecule has 138 valence electrons. The third-order valence-electron chi connectivity index (χ3n) is 4.45. The first-order valence-electron chi connectivity index (χ1n) is 8.70. The second kappa shape index (κ2) is 6.96. The molecule has 6 heteroatoms. The molecular formula is C20H25N3O3. The highest BCUT2D eigenvalue weighted by molar-refractivity contribution is 5.91. The average Bonchev–Trinajstić information content (AvgIpc) is 3.19. The standard InChI is InChI=1S/C20H25N3O3/c1-13(16-10-14-8-6-7-9-15(14)25-16)23(5)12-18(24)21-19-11-17(22-26-19)20(2,3)4/h6-11,13H,12H2,1-5H3,(H,21,24)/t13-/m1/s1. The fourth-order valence-corrected chi connectivity index (χ4v) is 2.65. The zero-order chi connectivity index (χ0) is 18.9. The van der Waals surface area contributed by atoms with E-state index in [0.29, 0.717) is 5.88 Å². The van der Waals surface area contributed by atoms with E-state index in [1.807, 2.05) is 70.0 Å². The summed E-state index contributed by atoms with van der Waals surface area (Å²) >= 11 is 0. The van der Waals surface area contributed by atoms with Gasteiger partial charge in [-0.1, -0.05) is 44.1 Å². The number of anilines is 1. The maximum atomic E-state index is 12.3. The number of para-hydroxylation sites is 1. The van der Waals surface area contributed by atoms with E-state index in [4.69, 9.17) is 8.94 Å². The SMILES string of the molecule is C[C@H](c1cc2ccccc2o1)N(C)CC(=O)Nc1cc(C(C)(C)C)no1. The van der Waals surface area contributed by atoms with Crippen LogP contribution in [0.2, 0.25) is 0 Å². The topological polar surface area (TPSA) is 71.5 Å². The zero-order valence-electron chi connectivity index (χ0n) is 15.9. The molecule has 0 unspecified atom stereocenters. The lowest BCUT2D eigenvalue weighted by molar-refractivity contribution is -0.117. The predicted octanol–water partition coefficient (Wildman–Crippen LogP) is 4.35. The van der Waals surface area contributed by atoms with Gasteiger partial charge in [0, 0.05) is 16.9 Å². The van der Waals surface area contributed by atoms with Crippen molar-refractivity contribution < 1.29 is 13.7 Å². The van der Waals surface area contributed by atoms with Crippen molar-refractivity contribution in [3.05, 3.63) is 47.9 Å². The van der Waals surface area contributed by atoms with E-state index in [9.17, 15) is 4.79 Å². The molecular weight excluding hydrogens is 330 g/mol. The quantitative estimate of drug-likeness (QED) is 0.737. The number of carbonyl (C=O) groups is 1. The van der Waals surface area contributed by atoms with Gasteiger partial charge in [-0.2, -0.15) is 0 Å². The van der Waals surface area contributed by atoms with Crippen molar-refractivity contribution in [1.29, 1.82) is 0 Å². The van der Waals surface area contributed by atoms with Crippen LogP contribution >= 0.6 is 0 Å². The summed E-state index contributed by atoms with van der Waals surface area (Å²) in [5.41, 5.74) is 1.53. The Morgan fingerprint density at radius 1 is 1.27 bits per heavy atom. The van der Waals surface area contributed by atoms with Gasteiger partial charge in [-0.15, -0.1) is 0 Å². The van der Waals surface area contributed by atoms with Crippen LogP contribution < -0.4 is 5.32 Å². The fourth-order valence-electron chi connectivity index (χ4n) is 2.65. The molecule has 0 fully saturated rings. The molecule has 3 rings (SSSR count). The summed E-state index contributed by atoms with van der Waals surface area (Å²) in [6, 6.07) is 11.6. The first-order valence-corrected chi connectivity index (χ1v) is 8.70. The minimum Gasteiger partial charge on any atom is -0.459 e. The van der Waals surface area contributed by atoms with Crippen LogP contribution in [0.15, 0.2) is 45.3 Å². The van der Waals surface area contributed by atoms with Gasteiger partial charge in [0.25, 0.3) is 0 Å². The molecule has 0 bridgehead atoms. The number of furan rings is 1. The summed E-state index contributed by atoms with van der Waals surface area (Å²) < 4.78 is 11.1. The first kappa shape index (κ1) is 18.2. The lowest BCUT2D eigenvalue weighted by Gasteiger charge is -2.21. The van der Waals surface area contributed by atoms with Gasteiger partial charge >= 0.3 is 0 Å². The molecule has 0 spiro atoms. The Hall–Kier alpha value is -2.60. The molecule has 26 heavy (non-hydrogen) atoms. The highest BCUT2D eigenvalue weighted by Gasteiger charge is 2.21. The van der Waals surface area contributed by atoms with E-state index >= 15 is 0 Å². The first-order chi connectivity index (χ1) is 12.2. The number of benzene rings is 1. The average molecular weight is 355 g/mol. The Labute approximate surface area is 153 Å². The highest BCUT2D eigenvalue weighted by atomic mass is 16.5. The highest BCUT2D eigenvalue weighted by Crippen LogP contribution is 2.27. The lowest BCUT2D eigenvalue weighted by atomic mass is 9.92. The summed E-state index contributed by atoms with van der Waals surface area (Å²) in [5, 5.41) is 7.83. The molecule has 1 atom stereocenters. The normalized spacial score (nSPS) is 13.3. The maximum Gasteiger partial charge on any atom is 0.240 e. The van der Waals surface area contributed by atoms with Gasteiger partial charge in [0.05, 0.1) is 18.3 Å². The molecule has 1 N–H and O–H groups in total. The van der Waals surface area contributed by atoms with Crippen LogP contribution in [0, 0.1) is 0 Å². The second-order valence-corrected chi connectivity index (χ2v) is 7.65. The summed E-state index contributed by atoms with van der Waals surface area (Å²) in [4.78, 5) is 14.2. The van der Waals surface area contributed by atoms with Gasteiger partial charge in [0.1, 0.15) is 11.3 Å². The van der Waals surface area contributed by atoms with Crippen LogP contribution in [0.1, 0.15) is 45.2 Å². The number of carbonyl (C=O) groups excluding carboxylic acids is 1. The second-order valence-electron chi connectivity index (χ2n) is 7.65. The number of nitrogens with zero attached hydrogens (tertiary/aromatic N) is 2. The van der Waals surface area contributed by atoms with Crippen LogP contribution in [0.3, 0.4) is 0 Å². The van der Waals surface area contributed by atoms with Crippen molar-refractivity contribution in [2.45, 2.75) is 39.2 Å². The summed E-state index contributed by atoms with van der Waals surface area (Å²) in [6.07, 6.45) is 0. The summed E-state index contributed by atoms with van der Waals surface area (Å²) in [6.45, 7) is 8.35. The maximum absolute atomic E-state index is 12.3. The fraction of sp³-hybridized carbons (Fsp3) is 0.400. The van der Waals surface area contributed by atoms with Gasteiger partial charge in [-0.3, -0.25) is 15.0 Å². The molecule has 0 aliphatic heterocycles. The Morgan fingerprint density at radius 2 is 2.00 bits per heavy atom. The third-order valence-corrected chi connectivity index (χ3v) is 4.45. The number of hydrogen-bond acceptors (Lipinski definition) is 5. The summed E-state index contributed by atoms with van der Waals surface area (Å²) in [5.74, 6) is 1.04. The van der Waals surface area contributed by atoms with Crippen LogP contribution in [0.5, 0.6) is 0 Å². The Bertz CT molecular complexity index is 871. The van der Waals surface area contributed by atoms with Crippen molar-refractivity contribution in [2.24, 2.45) is 0 Å². The minimum atomic E-state index is -0.160. The lowest BCUT2D eigenvalue weighted by Crippen LogP contribution is -2.32. The van der Waals surface area contributed by atoms with Crippen LogP contribution in [0.4, 0.5) is 5.88 Å². The zero-order valence-corrected chi connectivity index (χ0v) is 15.9.